The van der Waals surface area contributed by atoms with E-state index in [0.717, 1.165) is 17.7 Å². The van der Waals surface area contributed by atoms with E-state index >= 15 is 0 Å². The SMILES string of the molecule is Cc1ccccc1NC(=O)Cc1nc(COC(=O)c2cccc(N3CCCC3=O)c2)cs1. The van der Waals surface area contributed by atoms with Gasteiger partial charge in [-0.15, -0.1) is 11.3 Å². The van der Waals surface area contributed by atoms with E-state index in [-0.39, 0.29) is 24.8 Å². The first kappa shape index (κ1) is 21.7. The molecule has 1 saturated heterocycles. The molecule has 2 heterocycles. The fourth-order valence-corrected chi connectivity index (χ4v) is 4.26. The minimum Gasteiger partial charge on any atom is -0.456 e. The van der Waals surface area contributed by atoms with Crippen molar-refractivity contribution in [1.29, 1.82) is 0 Å². The van der Waals surface area contributed by atoms with Crippen LogP contribution in [0.3, 0.4) is 0 Å². The van der Waals surface area contributed by atoms with Crippen molar-refractivity contribution in [3.63, 3.8) is 0 Å². The van der Waals surface area contributed by atoms with Gasteiger partial charge in [-0.05, 0) is 43.2 Å². The lowest BCUT2D eigenvalue weighted by molar-refractivity contribution is -0.117. The molecule has 0 atom stereocenters. The summed E-state index contributed by atoms with van der Waals surface area (Å²) in [6, 6.07) is 14.5. The van der Waals surface area contributed by atoms with Crippen LogP contribution in [-0.4, -0.2) is 29.3 Å². The summed E-state index contributed by atoms with van der Waals surface area (Å²) in [4.78, 5) is 42.8. The van der Waals surface area contributed by atoms with Crippen molar-refractivity contribution in [2.45, 2.75) is 32.8 Å². The van der Waals surface area contributed by atoms with Crippen LogP contribution in [0, 0.1) is 6.92 Å². The molecule has 3 aromatic rings. The van der Waals surface area contributed by atoms with Crippen LogP contribution in [0.4, 0.5) is 11.4 Å². The van der Waals surface area contributed by atoms with Gasteiger partial charge in [-0.1, -0.05) is 24.3 Å². The Morgan fingerprint density at radius 3 is 2.81 bits per heavy atom. The molecule has 0 bridgehead atoms. The van der Waals surface area contributed by atoms with Crippen molar-refractivity contribution in [3.8, 4) is 0 Å². The molecule has 2 amide bonds. The van der Waals surface area contributed by atoms with E-state index in [4.69, 9.17) is 4.74 Å². The maximum Gasteiger partial charge on any atom is 0.338 e. The van der Waals surface area contributed by atoms with Crippen LogP contribution in [-0.2, 0) is 27.4 Å². The van der Waals surface area contributed by atoms with Gasteiger partial charge in [0.05, 0.1) is 17.7 Å². The smallest absolute Gasteiger partial charge is 0.338 e. The number of hydrogen-bond donors (Lipinski definition) is 1. The highest BCUT2D eigenvalue weighted by Gasteiger charge is 2.22. The number of para-hydroxylation sites is 1. The second kappa shape index (κ2) is 9.74. The molecule has 0 unspecified atom stereocenters. The number of carbonyl (C=O) groups is 3. The van der Waals surface area contributed by atoms with Crippen molar-refractivity contribution in [3.05, 3.63) is 75.7 Å². The molecule has 1 aromatic heterocycles. The quantitative estimate of drug-likeness (QED) is 0.548. The van der Waals surface area contributed by atoms with E-state index in [1.165, 1.54) is 11.3 Å². The van der Waals surface area contributed by atoms with Gasteiger partial charge in [-0.2, -0.15) is 0 Å². The zero-order valence-electron chi connectivity index (χ0n) is 17.7. The maximum absolute atomic E-state index is 12.5. The summed E-state index contributed by atoms with van der Waals surface area (Å²) in [5.74, 6) is -0.562. The summed E-state index contributed by atoms with van der Waals surface area (Å²) >= 11 is 1.35. The van der Waals surface area contributed by atoms with Gasteiger partial charge >= 0.3 is 5.97 Å². The molecular weight excluding hydrogens is 426 g/mol. The molecule has 0 spiro atoms. The molecule has 32 heavy (non-hydrogen) atoms. The Balaban J connectivity index is 1.31. The van der Waals surface area contributed by atoms with Gasteiger partial charge in [0.1, 0.15) is 11.6 Å². The third-order valence-electron chi connectivity index (χ3n) is 5.15. The molecule has 7 nitrogen and oxygen atoms in total. The molecule has 1 fully saturated rings. The highest BCUT2D eigenvalue weighted by atomic mass is 32.1. The third-order valence-corrected chi connectivity index (χ3v) is 6.05. The fourth-order valence-electron chi connectivity index (χ4n) is 3.49. The molecule has 4 rings (SSSR count). The van der Waals surface area contributed by atoms with Gasteiger partial charge in [0.15, 0.2) is 0 Å². The minimum atomic E-state index is -0.481. The first-order valence-electron chi connectivity index (χ1n) is 10.4. The number of ether oxygens (including phenoxy) is 1. The summed E-state index contributed by atoms with van der Waals surface area (Å²) in [5, 5.41) is 5.32. The van der Waals surface area contributed by atoms with Crippen LogP contribution in [0.5, 0.6) is 0 Å². The Morgan fingerprint density at radius 1 is 1.19 bits per heavy atom. The lowest BCUT2D eigenvalue weighted by atomic mass is 10.2. The second-order valence-corrected chi connectivity index (χ2v) is 8.49. The third kappa shape index (κ3) is 5.20. The molecule has 2 aromatic carbocycles. The topological polar surface area (TPSA) is 88.6 Å². The Labute approximate surface area is 190 Å². The lowest BCUT2D eigenvalue weighted by Crippen LogP contribution is -2.23. The monoisotopic (exact) mass is 449 g/mol. The first-order valence-corrected chi connectivity index (χ1v) is 11.2. The molecule has 0 radical (unpaired) electrons. The number of benzene rings is 2. The van der Waals surface area contributed by atoms with E-state index in [1.54, 1.807) is 28.5 Å². The number of aromatic nitrogens is 1. The number of nitrogens with zero attached hydrogens (tertiary/aromatic N) is 2. The Bertz CT molecular complexity index is 1160. The molecule has 8 heteroatoms. The number of esters is 1. The standard InChI is InChI=1S/C24H23N3O4S/c1-16-6-2-3-9-20(16)26-21(28)13-22-25-18(15-32-22)14-31-24(30)17-7-4-8-19(12-17)27-11-5-10-23(27)29/h2-4,6-9,12,15H,5,10-11,13-14H2,1H3,(H,26,28). The van der Waals surface area contributed by atoms with E-state index in [9.17, 15) is 14.4 Å². The van der Waals surface area contributed by atoms with Gasteiger partial charge in [0, 0.05) is 29.7 Å². The maximum atomic E-state index is 12.5. The Morgan fingerprint density at radius 2 is 2.03 bits per heavy atom. The van der Waals surface area contributed by atoms with Gasteiger partial charge < -0.3 is 15.0 Å². The number of hydrogen-bond acceptors (Lipinski definition) is 6. The number of nitrogens with one attached hydrogen (secondary N) is 1. The zero-order valence-corrected chi connectivity index (χ0v) is 18.5. The highest BCUT2D eigenvalue weighted by molar-refractivity contribution is 7.09. The molecule has 1 aliphatic rings. The van der Waals surface area contributed by atoms with Crippen molar-refractivity contribution in [2.24, 2.45) is 0 Å². The Kier molecular flexibility index (Phi) is 6.61. The normalized spacial score (nSPS) is 13.3. The number of amides is 2. The van der Waals surface area contributed by atoms with Gasteiger partial charge in [-0.3, -0.25) is 9.59 Å². The summed E-state index contributed by atoms with van der Waals surface area (Å²) in [6.07, 6.45) is 1.51. The molecular formula is C24H23N3O4S. The number of carbonyl (C=O) groups excluding carboxylic acids is 3. The van der Waals surface area contributed by atoms with Crippen molar-refractivity contribution >= 4 is 40.5 Å². The summed E-state index contributed by atoms with van der Waals surface area (Å²) in [6.45, 7) is 2.61. The van der Waals surface area contributed by atoms with E-state index in [0.29, 0.717) is 34.9 Å². The van der Waals surface area contributed by atoms with Crippen LogP contribution >= 0.6 is 11.3 Å². The summed E-state index contributed by atoms with van der Waals surface area (Å²) in [5.41, 5.74) is 3.45. The number of aryl methyl sites for hydroxylation is 1. The molecule has 1 N–H and O–H groups in total. The van der Waals surface area contributed by atoms with Crippen LogP contribution in [0.1, 0.15) is 39.5 Å². The average molecular weight is 450 g/mol. The predicted octanol–water partition coefficient (Wildman–Crippen LogP) is 4.12. The first-order chi connectivity index (χ1) is 15.5. The van der Waals surface area contributed by atoms with E-state index in [2.05, 4.69) is 10.3 Å². The van der Waals surface area contributed by atoms with Crippen molar-refractivity contribution < 1.29 is 19.1 Å². The summed E-state index contributed by atoms with van der Waals surface area (Å²) < 4.78 is 5.39. The van der Waals surface area contributed by atoms with E-state index in [1.807, 2.05) is 37.3 Å². The zero-order chi connectivity index (χ0) is 22.5. The van der Waals surface area contributed by atoms with E-state index < -0.39 is 5.97 Å². The number of rotatable bonds is 7. The largest absolute Gasteiger partial charge is 0.456 e. The summed E-state index contributed by atoms with van der Waals surface area (Å²) in [7, 11) is 0. The molecule has 1 aliphatic heterocycles. The van der Waals surface area contributed by atoms with Crippen molar-refractivity contribution in [1.82, 2.24) is 4.98 Å². The highest BCUT2D eigenvalue weighted by Crippen LogP contribution is 2.23. The average Bonchev–Trinajstić information content (AvgIpc) is 3.42. The van der Waals surface area contributed by atoms with Crippen LogP contribution in [0.2, 0.25) is 0 Å². The van der Waals surface area contributed by atoms with Gasteiger partial charge in [-0.25, -0.2) is 9.78 Å². The van der Waals surface area contributed by atoms with Crippen molar-refractivity contribution in [2.75, 3.05) is 16.8 Å². The van der Waals surface area contributed by atoms with Crippen LogP contribution < -0.4 is 10.2 Å². The number of anilines is 2. The minimum absolute atomic E-state index is 0.0155. The van der Waals surface area contributed by atoms with Gasteiger partial charge in [0.2, 0.25) is 11.8 Å². The molecule has 0 saturated carbocycles. The lowest BCUT2D eigenvalue weighted by Gasteiger charge is -2.16. The fraction of sp³-hybridized carbons (Fsp3) is 0.250. The van der Waals surface area contributed by atoms with Crippen LogP contribution in [0.15, 0.2) is 53.9 Å². The number of thiazole rings is 1. The predicted molar refractivity (Wildman–Crippen MR) is 123 cm³/mol. The van der Waals surface area contributed by atoms with Gasteiger partial charge in [0.25, 0.3) is 0 Å². The molecule has 0 aliphatic carbocycles. The van der Waals surface area contributed by atoms with Crippen LogP contribution in [0.25, 0.3) is 0 Å². The molecule has 164 valence electrons. The second-order valence-electron chi connectivity index (χ2n) is 7.55. The Hall–Kier alpha value is -3.52.